The average Bonchev–Trinajstić information content (AvgIpc) is 3.12. The molecule has 1 aromatic heterocycles. The van der Waals surface area contributed by atoms with Crippen LogP contribution >= 0.6 is 11.3 Å². The highest BCUT2D eigenvalue weighted by molar-refractivity contribution is 7.18. The van der Waals surface area contributed by atoms with Crippen molar-refractivity contribution >= 4 is 16.5 Å². The minimum atomic E-state index is -0.120. The summed E-state index contributed by atoms with van der Waals surface area (Å²) in [6, 6.07) is 11.3. The summed E-state index contributed by atoms with van der Waals surface area (Å²) in [5.41, 5.74) is 1.23. The van der Waals surface area contributed by atoms with E-state index in [1.54, 1.807) is 11.3 Å². The van der Waals surface area contributed by atoms with Crippen molar-refractivity contribution < 1.29 is 5.11 Å². The molecule has 4 nitrogen and oxygen atoms in total. The van der Waals surface area contributed by atoms with Gasteiger partial charge >= 0.3 is 0 Å². The van der Waals surface area contributed by atoms with Crippen LogP contribution in [0.2, 0.25) is 0 Å². The monoisotopic (exact) mass is 357 g/mol. The third kappa shape index (κ3) is 4.05. The molecule has 1 aromatic carbocycles. The van der Waals surface area contributed by atoms with E-state index in [1.165, 1.54) is 23.3 Å². The predicted molar refractivity (Wildman–Crippen MR) is 104 cm³/mol. The van der Waals surface area contributed by atoms with Gasteiger partial charge in [-0.05, 0) is 31.2 Å². The number of likely N-dealkylation sites (tertiary alicyclic amines) is 1. The van der Waals surface area contributed by atoms with Gasteiger partial charge in [-0.15, -0.1) is 0 Å². The van der Waals surface area contributed by atoms with Gasteiger partial charge in [0.25, 0.3) is 0 Å². The van der Waals surface area contributed by atoms with Crippen LogP contribution in [-0.4, -0.2) is 46.3 Å². The van der Waals surface area contributed by atoms with Gasteiger partial charge in [-0.25, -0.2) is 4.98 Å². The predicted octanol–water partition coefficient (Wildman–Crippen LogP) is 3.99. The number of anilines is 1. The van der Waals surface area contributed by atoms with Crippen molar-refractivity contribution in [1.29, 1.82) is 0 Å². The van der Waals surface area contributed by atoms with E-state index < -0.39 is 0 Å². The Labute approximate surface area is 153 Å². The molecule has 1 aliphatic heterocycles. The molecule has 1 aliphatic carbocycles. The van der Waals surface area contributed by atoms with Gasteiger partial charge in [-0.2, -0.15) is 0 Å². The molecule has 2 heterocycles. The van der Waals surface area contributed by atoms with Crippen LogP contribution in [0, 0.1) is 0 Å². The van der Waals surface area contributed by atoms with E-state index in [0.717, 1.165) is 43.9 Å². The van der Waals surface area contributed by atoms with Gasteiger partial charge in [0.2, 0.25) is 0 Å². The zero-order valence-electron chi connectivity index (χ0n) is 14.6. The lowest BCUT2D eigenvalue weighted by Crippen LogP contribution is -2.50. The lowest BCUT2D eigenvalue weighted by Gasteiger charge is -2.41. The molecule has 2 atom stereocenters. The van der Waals surface area contributed by atoms with E-state index in [-0.39, 0.29) is 6.10 Å². The van der Waals surface area contributed by atoms with Crippen molar-refractivity contribution in [2.75, 3.05) is 18.4 Å². The van der Waals surface area contributed by atoms with Gasteiger partial charge in [0.15, 0.2) is 5.13 Å². The van der Waals surface area contributed by atoms with Crippen LogP contribution in [-0.2, 0) is 0 Å². The number of thiazole rings is 1. The smallest absolute Gasteiger partial charge is 0.183 e. The number of aliphatic hydroxyl groups excluding tert-OH is 1. The first kappa shape index (κ1) is 17.0. The number of piperidine rings is 1. The fraction of sp³-hybridized carbons (Fsp3) is 0.550. The third-order valence-corrected chi connectivity index (χ3v) is 6.56. The van der Waals surface area contributed by atoms with Gasteiger partial charge in [-0.3, -0.25) is 4.90 Å². The summed E-state index contributed by atoms with van der Waals surface area (Å²) in [4.78, 5) is 8.29. The Kier molecular flexibility index (Phi) is 5.34. The maximum Gasteiger partial charge on any atom is 0.183 e. The van der Waals surface area contributed by atoms with Crippen LogP contribution in [0.25, 0.3) is 10.4 Å². The Morgan fingerprint density at radius 3 is 2.56 bits per heavy atom. The number of aromatic nitrogens is 1. The number of benzene rings is 1. The minimum Gasteiger partial charge on any atom is -0.391 e. The van der Waals surface area contributed by atoms with E-state index >= 15 is 0 Å². The van der Waals surface area contributed by atoms with E-state index in [9.17, 15) is 5.11 Å². The molecule has 25 heavy (non-hydrogen) atoms. The first-order valence-corrected chi connectivity index (χ1v) is 10.3. The molecule has 5 heteroatoms. The van der Waals surface area contributed by atoms with E-state index in [0.29, 0.717) is 12.1 Å². The van der Waals surface area contributed by atoms with Crippen molar-refractivity contribution in [3.63, 3.8) is 0 Å². The van der Waals surface area contributed by atoms with Crippen LogP contribution in [0.15, 0.2) is 36.5 Å². The maximum atomic E-state index is 10.3. The third-order valence-electron chi connectivity index (χ3n) is 5.58. The second-order valence-electron chi connectivity index (χ2n) is 7.27. The summed E-state index contributed by atoms with van der Waals surface area (Å²) >= 11 is 1.73. The lowest BCUT2D eigenvalue weighted by molar-refractivity contribution is 0.00994. The van der Waals surface area contributed by atoms with Gasteiger partial charge in [-0.1, -0.05) is 54.5 Å². The molecule has 4 rings (SSSR count). The number of aliphatic hydroxyl groups is 1. The van der Waals surface area contributed by atoms with E-state index in [2.05, 4.69) is 39.5 Å². The summed E-state index contributed by atoms with van der Waals surface area (Å²) in [5, 5.41) is 14.9. The molecule has 2 aliphatic rings. The molecule has 0 radical (unpaired) electrons. The molecule has 134 valence electrons. The number of nitrogens with zero attached hydrogens (tertiary/aromatic N) is 2. The van der Waals surface area contributed by atoms with E-state index in [4.69, 9.17) is 0 Å². The van der Waals surface area contributed by atoms with Crippen LogP contribution < -0.4 is 5.32 Å². The largest absolute Gasteiger partial charge is 0.391 e. The second-order valence-corrected chi connectivity index (χ2v) is 8.30. The molecular formula is C20H27N3OS. The zero-order chi connectivity index (χ0) is 17.1. The fourth-order valence-electron chi connectivity index (χ4n) is 4.14. The molecule has 2 N–H and O–H groups in total. The number of hydrogen-bond donors (Lipinski definition) is 2. The van der Waals surface area contributed by atoms with Crippen molar-refractivity contribution in [3.8, 4) is 10.4 Å². The Morgan fingerprint density at radius 1 is 1.04 bits per heavy atom. The first-order chi connectivity index (χ1) is 12.3. The number of nitrogens with one attached hydrogen (secondary N) is 1. The molecule has 1 saturated carbocycles. The number of rotatable bonds is 4. The van der Waals surface area contributed by atoms with Crippen molar-refractivity contribution in [2.45, 2.75) is 56.7 Å². The summed E-state index contributed by atoms with van der Waals surface area (Å²) in [6.45, 7) is 2.16. The zero-order valence-corrected chi connectivity index (χ0v) is 15.4. The SMILES string of the molecule is OC1CCCCC1N1CCC(Nc2ncc(-c3ccccc3)s2)CC1. The molecule has 0 bridgehead atoms. The highest BCUT2D eigenvalue weighted by Gasteiger charge is 2.31. The molecule has 2 aromatic rings. The molecule has 0 spiro atoms. The Morgan fingerprint density at radius 2 is 1.80 bits per heavy atom. The normalized spacial score (nSPS) is 25.8. The molecular weight excluding hydrogens is 330 g/mol. The molecule has 2 fully saturated rings. The van der Waals surface area contributed by atoms with Crippen molar-refractivity contribution in [3.05, 3.63) is 36.5 Å². The maximum absolute atomic E-state index is 10.3. The summed E-state index contributed by atoms with van der Waals surface area (Å²) < 4.78 is 0. The Bertz CT molecular complexity index is 667. The quantitative estimate of drug-likeness (QED) is 0.869. The molecule has 2 unspecified atom stereocenters. The molecule has 0 amide bonds. The molecule has 1 saturated heterocycles. The second kappa shape index (κ2) is 7.85. The van der Waals surface area contributed by atoms with Crippen LogP contribution in [0.3, 0.4) is 0 Å². The van der Waals surface area contributed by atoms with Gasteiger partial charge in [0, 0.05) is 31.4 Å². The van der Waals surface area contributed by atoms with E-state index in [1.807, 2.05) is 12.3 Å². The van der Waals surface area contributed by atoms with Crippen LogP contribution in [0.1, 0.15) is 38.5 Å². The lowest BCUT2D eigenvalue weighted by atomic mass is 9.89. The fourth-order valence-corrected chi connectivity index (χ4v) is 5.04. The topological polar surface area (TPSA) is 48.4 Å². The summed E-state index contributed by atoms with van der Waals surface area (Å²) in [7, 11) is 0. The Hall–Kier alpha value is -1.43. The Balaban J connectivity index is 1.31. The van der Waals surface area contributed by atoms with Crippen molar-refractivity contribution in [2.24, 2.45) is 0 Å². The average molecular weight is 358 g/mol. The van der Waals surface area contributed by atoms with Gasteiger partial charge < -0.3 is 10.4 Å². The highest BCUT2D eigenvalue weighted by atomic mass is 32.1. The summed E-state index contributed by atoms with van der Waals surface area (Å²) in [5.74, 6) is 0. The minimum absolute atomic E-state index is 0.120. The first-order valence-electron chi connectivity index (χ1n) is 9.49. The van der Waals surface area contributed by atoms with Gasteiger partial charge in [0.05, 0.1) is 11.0 Å². The van der Waals surface area contributed by atoms with Crippen LogP contribution in [0.5, 0.6) is 0 Å². The standard InChI is InChI=1S/C20H27N3OS/c24-18-9-5-4-8-17(18)23-12-10-16(11-13-23)22-20-21-14-19(25-20)15-6-2-1-3-7-15/h1-3,6-7,14,16-18,24H,4-5,8-13H2,(H,21,22). The van der Waals surface area contributed by atoms with Crippen LogP contribution in [0.4, 0.5) is 5.13 Å². The summed E-state index contributed by atoms with van der Waals surface area (Å²) in [6.07, 6.45) is 8.69. The highest BCUT2D eigenvalue weighted by Crippen LogP contribution is 2.31. The van der Waals surface area contributed by atoms with Crippen molar-refractivity contribution in [1.82, 2.24) is 9.88 Å². The number of hydrogen-bond acceptors (Lipinski definition) is 5. The van der Waals surface area contributed by atoms with Gasteiger partial charge in [0.1, 0.15) is 0 Å².